The Morgan fingerprint density at radius 1 is 1.07 bits per heavy atom. The Labute approximate surface area is 166 Å². The molecule has 10 heteroatoms. The predicted octanol–water partition coefficient (Wildman–Crippen LogP) is 3.51. The highest BCUT2D eigenvalue weighted by Gasteiger charge is 2.26. The number of aliphatic imine (C=N–C) groups is 1. The zero-order valence-electron chi connectivity index (χ0n) is 16.3. The number of para-hydroxylation sites is 1. The number of rotatable bonds is 8. The molecule has 0 aliphatic carbocycles. The maximum Gasteiger partial charge on any atom is 0.390 e. The second kappa shape index (κ2) is 10.4. The van der Waals surface area contributed by atoms with Gasteiger partial charge in [0.1, 0.15) is 0 Å². The van der Waals surface area contributed by atoms with E-state index in [0.717, 1.165) is 5.56 Å². The summed E-state index contributed by atoms with van der Waals surface area (Å²) in [5.41, 5.74) is 0.795. The molecule has 29 heavy (non-hydrogen) atoms. The molecule has 0 spiro atoms. The van der Waals surface area contributed by atoms with E-state index in [-0.39, 0.29) is 12.5 Å². The van der Waals surface area contributed by atoms with Gasteiger partial charge in [0, 0.05) is 32.4 Å². The van der Waals surface area contributed by atoms with Crippen molar-refractivity contribution in [3.05, 3.63) is 42.1 Å². The third-order valence-corrected chi connectivity index (χ3v) is 3.77. The van der Waals surface area contributed by atoms with Crippen LogP contribution >= 0.6 is 0 Å². The minimum atomic E-state index is -4.21. The maximum absolute atomic E-state index is 12.2. The van der Waals surface area contributed by atoms with Crippen molar-refractivity contribution in [2.75, 3.05) is 27.8 Å². The molecule has 0 aliphatic rings. The Bertz CT molecular complexity index is 789. The van der Waals surface area contributed by atoms with Gasteiger partial charge >= 0.3 is 6.18 Å². The summed E-state index contributed by atoms with van der Waals surface area (Å²) >= 11 is 0. The molecule has 1 aromatic heterocycles. The molecule has 2 aromatic rings. The van der Waals surface area contributed by atoms with Crippen LogP contribution in [0, 0.1) is 0 Å². The molecule has 0 amide bonds. The van der Waals surface area contributed by atoms with Crippen LogP contribution in [-0.4, -0.2) is 44.9 Å². The number of guanidine groups is 1. The summed E-state index contributed by atoms with van der Waals surface area (Å²) in [6, 6.07) is 8.71. The number of nitrogens with one attached hydrogen (secondary N) is 2. The fraction of sp³-hybridized carbons (Fsp3) is 0.368. The van der Waals surface area contributed by atoms with E-state index >= 15 is 0 Å². The summed E-state index contributed by atoms with van der Waals surface area (Å²) in [6.45, 7) is 0.0753. The first-order chi connectivity index (χ1) is 13.9. The number of halogens is 3. The van der Waals surface area contributed by atoms with E-state index in [2.05, 4.69) is 20.6 Å². The van der Waals surface area contributed by atoms with E-state index in [1.807, 2.05) is 0 Å². The van der Waals surface area contributed by atoms with Crippen molar-refractivity contribution in [3.8, 4) is 23.1 Å². The van der Waals surface area contributed by atoms with Gasteiger partial charge in [0.2, 0.25) is 11.6 Å². The molecular weight excluding hydrogens is 389 g/mol. The third kappa shape index (κ3) is 7.05. The van der Waals surface area contributed by atoms with Crippen LogP contribution < -0.4 is 24.8 Å². The van der Waals surface area contributed by atoms with Crippen molar-refractivity contribution in [1.82, 2.24) is 15.6 Å². The van der Waals surface area contributed by atoms with Crippen LogP contribution in [0.15, 0.2) is 41.5 Å². The average Bonchev–Trinajstić information content (AvgIpc) is 2.70. The monoisotopic (exact) mass is 412 g/mol. The van der Waals surface area contributed by atoms with Gasteiger partial charge < -0.3 is 24.8 Å². The first-order valence-corrected chi connectivity index (χ1v) is 8.71. The minimum absolute atomic E-state index is 0.255. The van der Waals surface area contributed by atoms with Gasteiger partial charge in [-0.1, -0.05) is 12.1 Å². The van der Waals surface area contributed by atoms with Crippen molar-refractivity contribution in [2.45, 2.75) is 19.1 Å². The molecule has 0 unspecified atom stereocenters. The van der Waals surface area contributed by atoms with Crippen molar-refractivity contribution in [3.63, 3.8) is 0 Å². The highest BCUT2D eigenvalue weighted by atomic mass is 19.4. The number of hydrogen-bond donors (Lipinski definition) is 2. The van der Waals surface area contributed by atoms with Crippen molar-refractivity contribution in [2.24, 2.45) is 4.99 Å². The van der Waals surface area contributed by atoms with Gasteiger partial charge in [0.15, 0.2) is 17.5 Å². The Morgan fingerprint density at radius 2 is 1.76 bits per heavy atom. The summed E-state index contributed by atoms with van der Waals surface area (Å²) in [4.78, 5) is 8.13. The Morgan fingerprint density at radius 3 is 2.28 bits per heavy atom. The van der Waals surface area contributed by atoms with Gasteiger partial charge in [-0.25, -0.2) is 4.98 Å². The zero-order chi connectivity index (χ0) is 21.3. The van der Waals surface area contributed by atoms with Crippen LogP contribution in [0.4, 0.5) is 13.2 Å². The fourth-order valence-corrected chi connectivity index (χ4v) is 2.33. The third-order valence-electron chi connectivity index (χ3n) is 3.77. The number of aromatic nitrogens is 1. The summed E-state index contributed by atoms with van der Waals surface area (Å²) in [5.74, 6) is 2.03. The van der Waals surface area contributed by atoms with Crippen LogP contribution in [-0.2, 0) is 6.54 Å². The molecule has 0 fully saturated rings. The molecule has 0 saturated heterocycles. The van der Waals surface area contributed by atoms with Gasteiger partial charge in [-0.3, -0.25) is 4.99 Å². The van der Waals surface area contributed by atoms with Gasteiger partial charge in [-0.05, 0) is 17.7 Å². The van der Waals surface area contributed by atoms with E-state index in [9.17, 15) is 13.2 Å². The van der Waals surface area contributed by atoms with Crippen LogP contribution in [0.2, 0.25) is 0 Å². The summed E-state index contributed by atoms with van der Waals surface area (Å²) in [6.07, 6.45) is -3.56. The first-order valence-electron chi connectivity index (χ1n) is 8.71. The predicted molar refractivity (Wildman–Crippen MR) is 103 cm³/mol. The number of pyridine rings is 1. The zero-order valence-corrected chi connectivity index (χ0v) is 16.3. The number of benzene rings is 1. The topological polar surface area (TPSA) is 77.0 Å². The molecule has 0 aliphatic heterocycles. The molecular formula is C19H23F3N4O3. The second-order valence-corrected chi connectivity index (χ2v) is 5.82. The van der Waals surface area contributed by atoms with E-state index in [0.29, 0.717) is 29.7 Å². The minimum Gasteiger partial charge on any atom is -0.493 e. The SMILES string of the molecule is CN=C(NCCC(F)(F)F)NCc1ccc(Oc2c(OC)cccc2OC)nc1. The van der Waals surface area contributed by atoms with Crippen LogP contribution in [0.25, 0.3) is 0 Å². The number of alkyl halides is 3. The maximum atomic E-state index is 12.2. The van der Waals surface area contributed by atoms with Crippen LogP contribution in [0.5, 0.6) is 23.1 Å². The molecule has 0 saturated carbocycles. The standard InChI is InChI=1S/C19H23F3N4O3/c1-23-18(24-10-9-19(20,21)22)26-12-13-7-8-16(25-11-13)29-17-14(27-2)5-4-6-15(17)28-3/h4-8,11H,9-10,12H2,1-3H3,(H2,23,24,26). The molecule has 158 valence electrons. The van der Waals surface area contributed by atoms with Crippen LogP contribution in [0.3, 0.4) is 0 Å². The van der Waals surface area contributed by atoms with Crippen molar-refractivity contribution >= 4 is 5.96 Å². The quantitative estimate of drug-likeness (QED) is 0.511. The van der Waals surface area contributed by atoms with E-state index < -0.39 is 12.6 Å². The van der Waals surface area contributed by atoms with E-state index in [4.69, 9.17) is 14.2 Å². The highest BCUT2D eigenvalue weighted by molar-refractivity contribution is 5.79. The van der Waals surface area contributed by atoms with Gasteiger partial charge in [-0.15, -0.1) is 0 Å². The number of ether oxygens (including phenoxy) is 3. The fourth-order valence-electron chi connectivity index (χ4n) is 2.33. The van der Waals surface area contributed by atoms with E-state index in [1.54, 1.807) is 36.5 Å². The Hall–Kier alpha value is -3.17. The van der Waals surface area contributed by atoms with Crippen molar-refractivity contribution in [1.29, 1.82) is 0 Å². The Balaban J connectivity index is 1.94. The summed E-state index contributed by atoms with van der Waals surface area (Å²) in [7, 11) is 4.54. The molecule has 0 bridgehead atoms. The lowest BCUT2D eigenvalue weighted by molar-refractivity contribution is -0.132. The molecule has 7 nitrogen and oxygen atoms in total. The summed E-state index contributed by atoms with van der Waals surface area (Å²) in [5, 5.41) is 5.54. The summed E-state index contributed by atoms with van der Waals surface area (Å²) < 4.78 is 53.0. The molecule has 1 aromatic carbocycles. The van der Waals surface area contributed by atoms with Gasteiger partial charge in [-0.2, -0.15) is 13.2 Å². The van der Waals surface area contributed by atoms with E-state index in [1.165, 1.54) is 21.3 Å². The van der Waals surface area contributed by atoms with Crippen molar-refractivity contribution < 1.29 is 27.4 Å². The molecule has 2 N–H and O–H groups in total. The molecule has 2 rings (SSSR count). The average molecular weight is 412 g/mol. The lowest BCUT2D eigenvalue weighted by Gasteiger charge is -2.14. The smallest absolute Gasteiger partial charge is 0.390 e. The second-order valence-electron chi connectivity index (χ2n) is 5.82. The number of methoxy groups -OCH3 is 2. The largest absolute Gasteiger partial charge is 0.493 e. The molecule has 1 heterocycles. The molecule has 0 atom stereocenters. The normalized spacial score (nSPS) is 11.7. The number of nitrogens with zero attached hydrogens (tertiary/aromatic N) is 2. The number of hydrogen-bond acceptors (Lipinski definition) is 5. The highest BCUT2D eigenvalue weighted by Crippen LogP contribution is 2.39. The van der Waals surface area contributed by atoms with Gasteiger partial charge in [0.25, 0.3) is 0 Å². The lowest BCUT2D eigenvalue weighted by Crippen LogP contribution is -2.38. The molecule has 0 radical (unpaired) electrons. The Kier molecular flexibility index (Phi) is 7.93. The lowest BCUT2D eigenvalue weighted by atomic mass is 10.3. The van der Waals surface area contributed by atoms with Gasteiger partial charge in [0.05, 0.1) is 20.6 Å². The first kappa shape index (κ1) is 22.1. The van der Waals surface area contributed by atoms with Crippen LogP contribution in [0.1, 0.15) is 12.0 Å².